The van der Waals surface area contributed by atoms with Gasteiger partial charge in [-0.15, -0.1) is 0 Å². The number of aromatic nitrogens is 2. The van der Waals surface area contributed by atoms with Crippen molar-refractivity contribution >= 4 is 17.7 Å². The second kappa shape index (κ2) is 5.63. The molecule has 0 fully saturated rings. The van der Waals surface area contributed by atoms with Crippen LogP contribution in [0, 0.1) is 0 Å². The molecule has 2 heterocycles. The van der Waals surface area contributed by atoms with Crippen molar-refractivity contribution in [1.82, 2.24) is 9.97 Å². The van der Waals surface area contributed by atoms with E-state index < -0.39 is 0 Å². The third kappa shape index (κ3) is 3.06. The minimum Gasteiger partial charge on any atom is -0.456 e. The van der Waals surface area contributed by atoms with Crippen LogP contribution in [-0.4, -0.2) is 16.3 Å². The van der Waals surface area contributed by atoms with Gasteiger partial charge >= 0.3 is 0 Å². The van der Waals surface area contributed by atoms with Crippen LogP contribution in [0.2, 0.25) is 0 Å². The Morgan fingerprint density at radius 1 is 1.21 bits per heavy atom. The maximum absolute atomic E-state index is 10.7. The molecule has 6 nitrogen and oxygen atoms in total. The average Bonchev–Trinajstić information content (AvgIpc) is 2.42. The van der Waals surface area contributed by atoms with E-state index in [2.05, 4.69) is 9.97 Å². The molecule has 0 aliphatic heterocycles. The molecule has 0 spiro atoms. The normalized spacial score (nSPS) is 11.1. The van der Waals surface area contributed by atoms with Crippen LogP contribution in [0.15, 0.2) is 42.9 Å². The quantitative estimate of drug-likeness (QED) is 0.632. The first-order valence-corrected chi connectivity index (χ1v) is 5.46. The lowest BCUT2D eigenvalue weighted by Gasteiger charge is -2.06. The Morgan fingerprint density at radius 2 is 2.05 bits per heavy atom. The lowest BCUT2D eigenvalue weighted by atomic mass is 10.2. The van der Waals surface area contributed by atoms with Gasteiger partial charge < -0.3 is 16.2 Å². The maximum Gasteiger partial charge on any atom is 0.153 e. The molecule has 4 N–H and O–H groups in total. The van der Waals surface area contributed by atoms with Gasteiger partial charge in [0.2, 0.25) is 0 Å². The molecule has 0 radical (unpaired) electrons. The van der Waals surface area contributed by atoms with E-state index in [1.54, 1.807) is 30.5 Å². The number of nitrogen functional groups attached to an aromatic ring is 1. The highest BCUT2D eigenvalue weighted by atomic mass is 16.5. The molecule has 96 valence electrons. The summed E-state index contributed by atoms with van der Waals surface area (Å²) in [4.78, 5) is 18.7. The van der Waals surface area contributed by atoms with Crippen LogP contribution >= 0.6 is 0 Å². The molecule has 0 aliphatic carbocycles. The lowest BCUT2D eigenvalue weighted by molar-refractivity contribution is -0.103. The zero-order valence-corrected chi connectivity index (χ0v) is 9.98. The summed E-state index contributed by atoms with van der Waals surface area (Å²) in [7, 11) is 0. The molecule has 19 heavy (non-hydrogen) atoms. The van der Waals surface area contributed by atoms with Gasteiger partial charge in [-0.25, -0.2) is 4.98 Å². The molecule has 0 saturated heterocycles. The SMILES string of the molecule is N/C=C(\C=O)c1ccc(Oc2ccnc(N)c2)cn1. The number of hydrogen-bond acceptors (Lipinski definition) is 6. The topological polar surface area (TPSA) is 104 Å². The number of aldehydes is 1. The summed E-state index contributed by atoms with van der Waals surface area (Å²) in [6.45, 7) is 0. The Kier molecular flexibility index (Phi) is 3.72. The van der Waals surface area contributed by atoms with E-state index in [0.717, 1.165) is 0 Å². The number of carbonyl (C=O) groups is 1. The summed E-state index contributed by atoms with van der Waals surface area (Å²) in [6, 6.07) is 6.62. The monoisotopic (exact) mass is 256 g/mol. The second-order valence-electron chi connectivity index (χ2n) is 3.64. The van der Waals surface area contributed by atoms with Crippen molar-refractivity contribution in [2.45, 2.75) is 0 Å². The van der Waals surface area contributed by atoms with Crippen LogP contribution in [-0.2, 0) is 4.79 Å². The fourth-order valence-corrected chi connectivity index (χ4v) is 1.42. The number of nitrogens with zero attached hydrogens (tertiary/aromatic N) is 2. The predicted molar refractivity (Wildman–Crippen MR) is 71.2 cm³/mol. The second-order valence-corrected chi connectivity index (χ2v) is 3.64. The Labute approximate surface area is 109 Å². The first-order chi connectivity index (χ1) is 9.22. The smallest absolute Gasteiger partial charge is 0.153 e. The Morgan fingerprint density at radius 3 is 2.63 bits per heavy atom. The molecule has 0 aliphatic rings. The van der Waals surface area contributed by atoms with Crippen molar-refractivity contribution in [2.75, 3.05) is 5.73 Å². The van der Waals surface area contributed by atoms with Gasteiger partial charge in [-0.1, -0.05) is 0 Å². The van der Waals surface area contributed by atoms with Crippen molar-refractivity contribution in [1.29, 1.82) is 0 Å². The number of pyridine rings is 2. The van der Waals surface area contributed by atoms with E-state index in [0.29, 0.717) is 34.9 Å². The van der Waals surface area contributed by atoms with Crippen molar-refractivity contribution in [3.8, 4) is 11.5 Å². The van der Waals surface area contributed by atoms with Crippen LogP contribution in [0.1, 0.15) is 5.69 Å². The molecule has 6 heteroatoms. The number of carbonyl (C=O) groups excluding carboxylic acids is 1. The number of nitrogens with two attached hydrogens (primary N) is 2. The molecule has 0 saturated carbocycles. The molecule has 0 unspecified atom stereocenters. The van der Waals surface area contributed by atoms with E-state index in [-0.39, 0.29) is 0 Å². The highest BCUT2D eigenvalue weighted by Gasteiger charge is 2.03. The summed E-state index contributed by atoms with van der Waals surface area (Å²) in [5.41, 5.74) is 11.7. The number of allylic oxidation sites excluding steroid dienone is 1. The van der Waals surface area contributed by atoms with Gasteiger partial charge in [0.25, 0.3) is 0 Å². The molecule has 2 rings (SSSR count). The van der Waals surface area contributed by atoms with Gasteiger partial charge in [-0.2, -0.15) is 0 Å². The summed E-state index contributed by atoms with van der Waals surface area (Å²) in [5, 5.41) is 0. The van der Waals surface area contributed by atoms with Gasteiger partial charge in [-0.3, -0.25) is 9.78 Å². The number of anilines is 1. The minimum absolute atomic E-state index is 0.319. The van der Waals surface area contributed by atoms with Gasteiger partial charge in [0.15, 0.2) is 6.29 Å². The van der Waals surface area contributed by atoms with E-state index >= 15 is 0 Å². The van der Waals surface area contributed by atoms with Gasteiger partial charge in [0.05, 0.1) is 17.5 Å². The molecule has 0 amide bonds. The van der Waals surface area contributed by atoms with Crippen LogP contribution in [0.4, 0.5) is 5.82 Å². The number of ether oxygens (including phenoxy) is 1. The zero-order chi connectivity index (χ0) is 13.7. The molecule has 0 aromatic carbocycles. The molecule has 0 atom stereocenters. The van der Waals surface area contributed by atoms with E-state index in [1.807, 2.05) is 0 Å². The summed E-state index contributed by atoms with van der Waals surface area (Å²) in [5.74, 6) is 1.46. The fourth-order valence-electron chi connectivity index (χ4n) is 1.42. The number of rotatable bonds is 4. The first kappa shape index (κ1) is 12.6. The van der Waals surface area contributed by atoms with E-state index in [9.17, 15) is 4.79 Å². The van der Waals surface area contributed by atoms with Gasteiger partial charge in [0, 0.05) is 18.5 Å². The minimum atomic E-state index is 0.319. The lowest BCUT2D eigenvalue weighted by Crippen LogP contribution is -1.95. The molecule has 2 aromatic rings. The largest absolute Gasteiger partial charge is 0.456 e. The van der Waals surface area contributed by atoms with Crippen LogP contribution in [0.25, 0.3) is 5.57 Å². The van der Waals surface area contributed by atoms with Crippen molar-refractivity contribution in [3.63, 3.8) is 0 Å². The van der Waals surface area contributed by atoms with Crippen LogP contribution in [0.3, 0.4) is 0 Å². The summed E-state index contributed by atoms with van der Waals surface area (Å²) >= 11 is 0. The zero-order valence-electron chi connectivity index (χ0n) is 9.98. The van der Waals surface area contributed by atoms with Gasteiger partial charge in [0.1, 0.15) is 17.3 Å². The Bertz CT molecular complexity index is 608. The van der Waals surface area contributed by atoms with Crippen molar-refractivity contribution in [3.05, 3.63) is 48.6 Å². The highest BCUT2D eigenvalue weighted by Crippen LogP contribution is 2.22. The summed E-state index contributed by atoms with van der Waals surface area (Å²) in [6.07, 6.45) is 4.90. The predicted octanol–water partition coefficient (Wildman–Crippen LogP) is 1.35. The Hall–Kier alpha value is -2.89. The molecular weight excluding hydrogens is 244 g/mol. The molecule has 2 aromatic heterocycles. The average molecular weight is 256 g/mol. The first-order valence-electron chi connectivity index (χ1n) is 5.46. The molecular formula is C13H12N4O2. The Balaban J connectivity index is 2.17. The van der Waals surface area contributed by atoms with Crippen LogP contribution in [0.5, 0.6) is 11.5 Å². The highest BCUT2D eigenvalue weighted by molar-refractivity contribution is 6.05. The van der Waals surface area contributed by atoms with Crippen molar-refractivity contribution in [2.24, 2.45) is 5.73 Å². The third-order valence-electron chi connectivity index (χ3n) is 2.33. The maximum atomic E-state index is 10.7. The molecule has 0 bridgehead atoms. The van der Waals surface area contributed by atoms with E-state index in [4.69, 9.17) is 16.2 Å². The van der Waals surface area contributed by atoms with Gasteiger partial charge in [-0.05, 0) is 18.2 Å². The number of hydrogen-bond donors (Lipinski definition) is 2. The van der Waals surface area contributed by atoms with Crippen molar-refractivity contribution < 1.29 is 9.53 Å². The summed E-state index contributed by atoms with van der Waals surface area (Å²) < 4.78 is 5.54. The van der Waals surface area contributed by atoms with E-state index in [1.165, 1.54) is 12.4 Å². The standard InChI is InChI=1S/C13H12N4O2/c14-6-9(8-18)12-2-1-11(7-17-12)19-10-3-4-16-13(15)5-10/h1-8H,14H2,(H2,15,16)/b9-6+. The fraction of sp³-hybridized carbons (Fsp3) is 0. The van der Waals surface area contributed by atoms with Crippen LogP contribution < -0.4 is 16.2 Å². The third-order valence-corrected chi connectivity index (χ3v) is 2.33.